The number of rotatable bonds is 6. The summed E-state index contributed by atoms with van der Waals surface area (Å²) in [7, 11) is -6.95. The van der Waals surface area contributed by atoms with E-state index in [1.165, 1.54) is 36.4 Å². The normalized spacial score (nSPS) is 12.1. The lowest BCUT2D eigenvalue weighted by molar-refractivity contribution is 0.102. The molecule has 3 rings (SSSR count). The molecular weight excluding hydrogens is 430 g/mol. The number of nitrogens with zero attached hydrogens (tertiary/aromatic N) is 2. The number of sulfone groups is 2. The van der Waals surface area contributed by atoms with E-state index in [2.05, 4.69) is 15.5 Å². The Balaban J connectivity index is 1.84. The van der Waals surface area contributed by atoms with Gasteiger partial charge in [0.15, 0.2) is 19.7 Å². The van der Waals surface area contributed by atoms with Crippen LogP contribution in [0.3, 0.4) is 0 Å². The van der Waals surface area contributed by atoms with E-state index in [-0.39, 0.29) is 27.3 Å². The predicted octanol–water partition coefficient (Wildman–Crippen LogP) is 2.57. The van der Waals surface area contributed by atoms with Gasteiger partial charge in [0.2, 0.25) is 5.89 Å². The third-order valence-corrected chi connectivity index (χ3v) is 7.46. The van der Waals surface area contributed by atoms with Crippen LogP contribution in [0.1, 0.15) is 24.2 Å². The molecule has 1 aromatic heterocycles. The largest absolute Gasteiger partial charge is 0.403 e. The Labute approximate surface area is 174 Å². The zero-order valence-electron chi connectivity index (χ0n) is 16.4. The smallest absolute Gasteiger partial charge is 0.322 e. The summed E-state index contributed by atoms with van der Waals surface area (Å²) >= 11 is 0. The highest BCUT2D eigenvalue weighted by Crippen LogP contribution is 2.25. The predicted molar refractivity (Wildman–Crippen MR) is 110 cm³/mol. The molecule has 1 N–H and O–H groups in total. The van der Waals surface area contributed by atoms with Gasteiger partial charge in [0.1, 0.15) is 0 Å². The van der Waals surface area contributed by atoms with Gasteiger partial charge in [-0.3, -0.25) is 10.1 Å². The number of amides is 1. The zero-order chi connectivity index (χ0) is 22.1. The van der Waals surface area contributed by atoms with Crippen LogP contribution in [0.5, 0.6) is 0 Å². The average molecular weight is 450 g/mol. The van der Waals surface area contributed by atoms with Crippen LogP contribution in [-0.2, 0) is 19.7 Å². The molecule has 0 radical (unpaired) electrons. The fourth-order valence-corrected chi connectivity index (χ4v) is 4.28. The van der Waals surface area contributed by atoms with Crippen molar-refractivity contribution >= 4 is 31.6 Å². The van der Waals surface area contributed by atoms with Crippen molar-refractivity contribution in [3.63, 3.8) is 0 Å². The van der Waals surface area contributed by atoms with Crippen molar-refractivity contribution in [3.05, 3.63) is 54.1 Å². The fraction of sp³-hybridized carbons (Fsp3) is 0.211. The first-order chi connectivity index (χ1) is 14.0. The summed E-state index contributed by atoms with van der Waals surface area (Å²) in [6.07, 6.45) is 1.04. The van der Waals surface area contributed by atoms with E-state index in [4.69, 9.17) is 4.42 Å². The molecule has 0 aliphatic carbocycles. The molecule has 1 amide bonds. The first-order valence-electron chi connectivity index (χ1n) is 8.78. The Hall–Kier alpha value is -3.05. The highest BCUT2D eigenvalue weighted by atomic mass is 32.2. The van der Waals surface area contributed by atoms with E-state index in [1.54, 1.807) is 26.0 Å². The van der Waals surface area contributed by atoms with Crippen LogP contribution in [0.2, 0.25) is 0 Å². The van der Waals surface area contributed by atoms with Gasteiger partial charge >= 0.3 is 6.01 Å². The molecule has 0 spiro atoms. The molecular formula is C19H19N3O6S2. The molecule has 3 aromatic rings. The van der Waals surface area contributed by atoms with Crippen molar-refractivity contribution in [2.75, 3.05) is 11.6 Å². The SMILES string of the molecule is CC(C)S(=O)(=O)c1cccc(-c2nnc(NC(=O)c3cccc(S(C)(=O)=O)c3)o2)c1. The summed E-state index contributed by atoms with van der Waals surface area (Å²) in [6, 6.07) is 11.4. The number of benzene rings is 2. The van der Waals surface area contributed by atoms with E-state index in [0.717, 1.165) is 6.26 Å². The fourth-order valence-electron chi connectivity index (χ4n) is 2.51. The van der Waals surface area contributed by atoms with E-state index in [9.17, 15) is 21.6 Å². The number of anilines is 1. The van der Waals surface area contributed by atoms with Gasteiger partial charge in [0.25, 0.3) is 5.91 Å². The van der Waals surface area contributed by atoms with Gasteiger partial charge in [-0.05, 0) is 50.2 Å². The molecule has 0 atom stereocenters. The lowest BCUT2D eigenvalue weighted by Crippen LogP contribution is -2.13. The quantitative estimate of drug-likeness (QED) is 0.606. The van der Waals surface area contributed by atoms with Crippen molar-refractivity contribution in [3.8, 4) is 11.5 Å². The molecule has 0 aliphatic rings. The molecule has 0 saturated carbocycles. The maximum Gasteiger partial charge on any atom is 0.322 e. The van der Waals surface area contributed by atoms with Crippen LogP contribution in [0, 0.1) is 0 Å². The minimum Gasteiger partial charge on any atom is -0.403 e. The Morgan fingerprint density at radius 1 is 0.967 bits per heavy atom. The van der Waals surface area contributed by atoms with Crippen molar-refractivity contribution in [2.45, 2.75) is 28.9 Å². The number of hydrogen-bond acceptors (Lipinski definition) is 8. The van der Waals surface area contributed by atoms with Gasteiger partial charge in [-0.25, -0.2) is 16.8 Å². The molecule has 2 aromatic carbocycles. The standard InChI is InChI=1S/C19H19N3O6S2/c1-12(2)30(26,27)16-9-5-7-14(11-16)18-21-22-19(28-18)20-17(23)13-6-4-8-15(10-13)29(3,24)25/h4-12H,1-3H3,(H,20,22,23). The van der Waals surface area contributed by atoms with Crippen LogP contribution in [0.15, 0.2) is 62.7 Å². The second kappa shape index (κ2) is 8.00. The summed E-state index contributed by atoms with van der Waals surface area (Å²) in [5, 5.41) is 9.38. The maximum absolute atomic E-state index is 12.4. The van der Waals surface area contributed by atoms with Gasteiger partial charge in [-0.1, -0.05) is 17.2 Å². The highest BCUT2D eigenvalue weighted by molar-refractivity contribution is 7.92. The summed E-state index contributed by atoms with van der Waals surface area (Å²) in [5.74, 6) is -0.608. The molecule has 9 nitrogen and oxygen atoms in total. The molecule has 0 unspecified atom stereocenters. The van der Waals surface area contributed by atoms with Gasteiger partial charge < -0.3 is 4.42 Å². The number of carbonyl (C=O) groups is 1. The van der Waals surface area contributed by atoms with Crippen molar-refractivity contribution in [1.29, 1.82) is 0 Å². The zero-order valence-corrected chi connectivity index (χ0v) is 18.0. The Morgan fingerprint density at radius 2 is 1.63 bits per heavy atom. The lowest BCUT2D eigenvalue weighted by Gasteiger charge is -2.08. The van der Waals surface area contributed by atoms with Crippen molar-refractivity contribution < 1.29 is 26.0 Å². The summed E-state index contributed by atoms with van der Waals surface area (Å²) in [5.41, 5.74) is 0.478. The van der Waals surface area contributed by atoms with Gasteiger partial charge in [-0.2, -0.15) is 0 Å². The number of carbonyl (C=O) groups excluding carboxylic acids is 1. The summed E-state index contributed by atoms with van der Waals surface area (Å²) < 4.78 is 53.4. The number of aromatic nitrogens is 2. The molecule has 1 heterocycles. The molecule has 0 fully saturated rings. The minimum atomic E-state index is -3.48. The first kappa shape index (κ1) is 21.7. The lowest BCUT2D eigenvalue weighted by atomic mass is 10.2. The maximum atomic E-state index is 12.4. The molecule has 30 heavy (non-hydrogen) atoms. The van der Waals surface area contributed by atoms with Gasteiger partial charge in [-0.15, -0.1) is 5.10 Å². The summed E-state index contributed by atoms with van der Waals surface area (Å²) in [4.78, 5) is 12.5. The van der Waals surface area contributed by atoms with Gasteiger partial charge in [0, 0.05) is 17.4 Å². The second-order valence-corrected chi connectivity index (χ2v) is 11.3. The van der Waals surface area contributed by atoms with E-state index >= 15 is 0 Å². The molecule has 158 valence electrons. The Bertz CT molecular complexity index is 1310. The molecule has 11 heteroatoms. The first-order valence-corrected chi connectivity index (χ1v) is 12.2. The highest BCUT2D eigenvalue weighted by Gasteiger charge is 2.21. The van der Waals surface area contributed by atoms with Crippen LogP contribution < -0.4 is 5.32 Å². The van der Waals surface area contributed by atoms with Crippen LogP contribution >= 0.6 is 0 Å². The van der Waals surface area contributed by atoms with Crippen LogP contribution in [-0.4, -0.2) is 44.4 Å². The Kier molecular flexibility index (Phi) is 5.77. The van der Waals surface area contributed by atoms with Crippen molar-refractivity contribution in [1.82, 2.24) is 10.2 Å². The summed E-state index contributed by atoms with van der Waals surface area (Å²) in [6.45, 7) is 3.17. The monoisotopic (exact) mass is 449 g/mol. The molecule has 0 aliphatic heterocycles. The third-order valence-electron chi connectivity index (χ3n) is 4.20. The average Bonchev–Trinajstić information content (AvgIpc) is 3.16. The van der Waals surface area contributed by atoms with E-state index in [1.807, 2.05) is 0 Å². The minimum absolute atomic E-state index is 0.00421. The van der Waals surface area contributed by atoms with E-state index in [0.29, 0.717) is 5.56 Å². The number of nitrogens with one attached hydrogen (secondary N) is 1. The topological polar surface area (TPSA) is 136 Å². The molecule has 0 bridgehead atoms. The third kappa shape index (κ3) is 4.57. The van der Waals surface area contributed by atoms with Gasteiger partial charge in [0.05, 0.1) is 15.0 Å². The van der Waals surface area contributed by atoms with Crippen LogP contribution in [0.25, 0.3) is 11.5 Å². The van der Waals surface area contributed by atoms with Crippen molar-refractivity contribution in [2.24, 2.45) is 0 Å². The number of hydrogen-bond donors (Lipinski definition) is 1. The Morgan fingerprint density at radius 3 is 2.30 bits per heavy atom. The van der Waals surface area contributed by atoms with Crippen LogP contribution in [0.4, 0.5) is 6.01 Å². The second-order valence-electron chi connectivity index (χ2n) is 6.79. The van der Waals surface area contributed by atoms with E-state index < -0.39 is 30.8 Å². The molecule has 0 saturated heterocycles.